The van der Waals surface area contributed by atoms with Crippen LogP contribution in [0.4, 0.5) is 5.00 Å². The van der Waals surface area contributed by atoms with Gasteiger partial charge in [0.25, 0.3) is 5.91 Å². The molecule has 0 aliphatic rings. The van der Waals surface area contributed by atoms with Crippen molar-refractivity contribution in [3.8, 4) is 28.2 Å². The molecule has 33 heavy (non-hydrogen) atoms. The van der Waals surface area contributed by atoms with Crippen LogP contribution in [0.3, 0.4) is 0 Å². The lowest BCUT2D eigenvalue weighted by atomic mass is 10.0. The largest absolute Gasteiger partial charge is 0.494 e. The Bertz CT molecular complexity index is 1250. The molecule has 2 aromatic carbocycles. The summed E-state index contributed by atoms with van der Waals surface area (Å²) in [7, 11) is 0. The first-order valence-electron chi connectivity index (χ1n) is 10.5. The highest BCUT2D eigenvalue weighted by molar-refractivity contribution is 7.15. The van der Waals surface area contributed by atoms with Crippen LogP contribution in [-0.4, -0.2) is 30.2 Å². The fourth-order valence-corrected chi connectivity index (χ4v) is 4.21. The summed E-state index contributed by atoms with van der Waals surface area (Å²) in [6, 6.07) is 18.3. The number of aromatic nitrogens is 1. The standard InChI is InChI=1S/C25H22N2O5S/c1-3-30-18-12-10-17(11-13-18)21-14-20(27-32-21)23(28)26-24-22(25(29)31-4-2)19(15-33-24)16-8-6-5-7-9-16/h5-15H,3-4H2,1-2H3,(H,26,28). The second kappa shape index (κ2) is 10.1. The van der Waals surface area contributed by atoms with E-state index >= 15 is 0 Å². The molecule has 1 amide bonds. The zero-order chi connectivity index (χ0) is 23.2. The number of carbonyl (C=O) groups is 2. The van der Waals surface area contributed by atoms with Gasteiger partial charge in [0.15, 0.2) is 11.5 Å². The topological polar surface area (TPSA) is 90.7 Å². The third-order valence-electron chi connectivity index (χ3n) is 4.78. The number of esters is 1. The minimum atomic E-state index is -0.497. The predicted molar refractivity (Wildman–Crippen MR) is 127 cm³/mol. The average molecular weight is 463 g/mol. The van der Waals surface area contributed by atoms with E-state index in [1.54, 1.807) is 13.0 Å². The van der Waals surface area contributed by atoms with Crippen LogP contribution < -0.4 is 10.1 Å². The van der Waals surface area contributed by atoms with E-state index in [0.29, 0.717) is 28.5 Å². The summed E-state index contributed by atoms with van der Waals surface area (Å²) in [6.07, 6.45) is 0. The molecule has 7 nitrogen and oxygen atoms in total. The molecular weight excluding hydrogens is 440 g/mol. The van der Waals surface area contributed by atoms with Crippen molar-refractivity contribution >= 4 is 28.2 Å². The molecule has 0 fully saturated rings. The summed E-state index contributed by atoms with van der Waals surface area (Å²) < 4.78 is 16.0. The summed E-state index contributed by atoms with van der Waals surface area (Å²) in [5, 5.41) is 8.89. The van der Waals surface area contributed by atoms with Gasteiger partial charge in [0.2, 0.25) is 0 Å². The van der Waals surface area contributed by atoms with E-state index in [9.17, 15) is 9.59 Å². The van der Waals surface area contributed by atoms with Crippen molar-refractivity contribution in [1.82, 2.24) is 5.16 Å². The summed E-state index contributed by atoms with van der Waals surface area (Å²) >= 11 is 1.25. The zero-order valence-electron chi connectivity index (χ0n) is 18.2. The van der Waals surface area contributed by atoms with Crippen LogP contribution >= 0.6 is 11.3 Å². The van der Waals surface area contributed by atoms with Gasteiger partial charge in [0, 0.05) is 22.6 Å². The monoisotopic (exact) mass is 462 g/mol. The van der Waals surface area contributed by atoms with Crippen LogP contribution in [0.1, 0.15) is 34.7 Å². The highest BCUT2D eigenvalue weighted by Crippen LogP contribution is 2.36. The van der Waals surface area contributed by atoms with Crippen molar-refractivity contribution in [3.63, 3.8) is 0 Å². The summed E-state index contributed by atoms with van der Waals surface area (Å²) in [6.45, 7) is 4.46. The molecule has 1 N–H and O–H groups in total. The van der Waals surface area contributed by atoms with E-state index in [-0.39, 0.29) is 12.3 Å². The van der Waals surface area contributed by atoms with Crippen molar-refractivity contribution < 1.29 is 23.6 Å². The smallest absolute Gasteiger partial charge is 0.341 e. The first-order valence-corrected chi connectivity index (χ1v) is 11.3. The number of carbonyl (C=O) groups excluding carboxylic acids is 2. The number of nitrogens with one attached hydrogen (secondary N) is 1. The number of anilines is 1. The number of hydrogen-bond donors (Lipinski definition) is 1. The lowest BCUT2D eigenvalue weighted by Gasteiger charge is -2.08. The van der Waals surface area contributed by atoms with Crippen LogP contribution in [0.15, 0.2) is 70.6 Å². The van der Waals surface area contributed by atoms with Crippen molar-refractivity contribution in [2.75, 3.05) is 18.5 Å². The molecule has 168 valence electrons. The van der Waals surface area contributed by atoms with E-state index in [1.807, 2.05) is 66.9 Å². The van der Waals surface area contributed by atoms with Gasteiger partial charge in [-0.2, -0.15) is 0 Å². The van der Waals surface area contributed by atoms with Gasteiger partial charge in [-0.3, -0.25) is 4.79 Å². The molecule has 0 saturated heterocycles. The maximum Gasteiger partial charge on any atom is 0.341 e. The fraction of sp³-hybridized carbons (Fsp3) is 0.160. The minimum Gasteiger partial charge on any atom is -0.494 e. The maximum absolute atomic E-state index is 12.9. The number of ether oxygens (including phenoxy) is 2. The molecular formula is C25H22N2O5S. The van der Waals surface area contributed by atoms with Crippen molar-refractivity contribution in [2.24, 2.45) is 0 Å². The van der Waals surface area contributed by atoms with E-state index < -0.39 is 11.9 Å². The Morgan fingerprint density at radius 3 is 2.45 bits per heavy atom. The lowest BCUT2D eigenvalue weighted by molar-refractivity contribution is 0.0529. The normalized spacial score (nSPS) is 10.6. The molecule has 0 bridgehead atoms. The Hall–Kier alpha value is -3.91. The molecule has 0 aliphatic carbocycles. The van der Waals surface area contributed by atoms with E-state index in [1.165, 1.54) is 11.3 Å². The predicted octanol–water partition coefficient (Wildman–Crippen LogP) is 5.90. The summed E-state index contributed by atoms with van der Waals surface area (Å²) in [4.78, 5) is 25.6. The van der Waals surface area contributed by atoms with Gasteiger partial charge >= 0.3 is 5.97 Å². The van der Waals surface area contributed by atoms with Crippen molar-refractivity contribution in [1.29, 1.82) is 0 Å². The van der Waals surface area contributed by atoms with E-state index in [2.05, 4.69) is 10.5 Å². The molecule has 0 unspecified atom stereocenters. The summed E-state index contributed by atoms with van der Waals surface area (Å²) in [5.74, 6) is 0.216. The Kier molecular flexibility index (Phi) is 6.85. The Balaban J connectivity index is 1.57. The molecule has 0 radical (unpaired) electrons. The molecule has 0 atom stereocenters. The van der Waals surface area contributed by atoms with Gasteiger partial charge in [-0.25, -0.2) is 4.79 Å². The van der Waals surface area contributed by atoms with Crippen LogP contribution in [0.25, 0.3) is 22.5 Å². The van der Waals surface area contributed by atoms with Crippen LogP contribution in [0, 0.1) is 0 Å². The molecule has 0 saturated carbocycles. The van der Waals surface area contributed by atoms with E-state index in [4.69, 9.17) is 14.0 Å². The Morgan fingerprint density at radius 2 is 1.76 bits per heavy atom. The SMILES string of the molecule is CCOC(=O)c1c(-c2ccccc2)csc1NC(=O)c1cc(-c2ccc(OCC)cc2)on1. The molecule has 4 aromatic rings. The Morgan fingerprint density at radius 1 is 1.00 bits per heavy atom. The van der Waals surface area contributed by atoms with Crippen LogP contribution in [0.5, 0.6) is 5.75 Å². The number of nitrogens with zero attached hydrogens (tertiary/aromatic N) is 1. The van der Waals surface area contributed by atoms with Crippen LogP contribution in [0.2, 0.25) is 0 Å². The second-order valence-corrected chi connectivity index (χ2v) is 7.81. The van der Waals surface area contributed by atoms with E-state index in [0.717, 1.165) is 16.9 Å². The molecule has 8 heteroatoms. The number of amides is 1. The Labute approximate surface area is 194 Å². The molecule has 0 aliphatic heterocycles. The van der Waals surface area contributed by atoms with Gasteiger partial charge in [-0.05, 0) is 43.7 Å². The average Bonchev–Trinajstić information content (AvgIpc) is 3.48. The van der Waals surface area contributed by atoms with Gasteiger partial charge in [0.1, 0.15) is 16.3 Å². The van der Waals surface area contributed by atoms with Crippen molar-refractivity contribution in [3.05, 3.63) is 77.3 Å². The van der Waals surface area contributed by atoms with Gasteiger partial charge in [-0.1, -0.05) is 35.5 Å². The first-order chi connectivity index (χ1) is 16.1. The number of hydrogen-bond acceptors (Lipinski definition) is 7. The highest BCUT2D eigenvalue weighted by Gasteiger charge is 2.24. The third-order valence-corrected chi connectivity index (χ3v) is 5.67. The number of benzene rings is 2. The third kappa shape index (κ3) is 4.96. The number of rotatable bonds is 8. The molecule has 2 heterocycles. The second-order valence-electron chi connectivity index (χ2n) is 6.93. The first kappa shape index (κ1) is 22.3. The summed E-state index contributed by atoms with van der Waals surface area (Å²) in [5.41, 5.74) is 2.74. The fourth-order valence-electron chi connectivity index (χ4n) is 3.25. The lowest BCUT2D eigenvalue weighted by Crippen LogP contribution is -2.15. The quantitative estimate of drug-likeness (QED) is 0.328. The van der Waals surface area contributed by atoms with Gasteiger partial charge in [-0.15, -0.1) is 11.3 Å². The van der Waals surface area contributed by atoms with Gasteiger partial charge in [0.05, 0.1) is 13.2 Å². The molecule has 4 rings (SSSR count). The van der Waals surface area contributed by atoms with Crippen LogP contribution in [-0.2, 0) is 4.74 Å². The number of thiophene rings is 1. The van der Waals surface area contributed by atoms with Gasteiger partial charge < -0.3 is 19.3 Å². The minimum absolute atomic E-state index is 0.100. The maximum atomic E-state index is 12.9. The molecule has 2 aromatic heterocycles. The van der Waals surface area contributed by atoms with Crippen molar-refractivity contribution in [2.45, 2.75) is 13.8 Å². The zero-order valence-corrected chi connectivity index (χ0v) is 19.0. The molecule has 0 spiro atoms. The highest BCUT2D eigenvalue weighted by atomic mass is 32.1.